The number of nitrogens with zero attached hydrogens (tertiary/aromatic N) is 5. The van der Waals surface area contributed by atoms with Gasteiger partial charge in [-0.05, 0) is 25.9 Å². The van der Waals surface area contributed by atoms with Crippen molar-refractivity contribution < 1.29 is 9.53 Å². The normalized spacial score (nSPS) is 18.4. The Balaban J connectivity index is 1.64. The number of morpholine rings is 1. The second kappa shape index (κ2) is 8.11. The van der Waals surface area contributed by atoms with Gasteiger partial charge < -0.3 is 20.3 Å². The lowest BCUT2D eigenvalue weighted by molar-refractivity contribution is 0.0929. The largest absolute Gasteiger partial charge is 0.378 e. The third-order valence-corrected chi connectivity index (χ3v) is 5.55. The molecule has 1 amide bonds. The van der Waals surface area contributed by atoms with Gasteiger partial charge in [-0.25, -0.2) is 10.4 Å². The van der Waals surface area contributed by atoms with Crippen molar-refractivity contribution in [3.63, 3.8) is 0 Å². The van der Waals surface area contributed by atoms with Crippen LogP contribution in [0.4, 0.5) is 11.8 Å². The highest BCUT2D eigenvalue weighted by Gasteiger charge is 2.24. The van der Waals surface area contributed by atoms with Crippen LogP contribution in [0.15, 0.2) is 5.10 Å². The number of hydrazone groups is 1. The predicted molar refractivity (Wildman–Crippen MR) is 105 cm³/mol. The van der Waals surface area contributed by atoms with Crippen LogP contribution >= 0.6 is 11.3 Å². The van der Waals surface area contributed by atoms with Crippen LogP contribution in [0.25, 0.3) is 10.3 Å². The zero-order chi connectivity index (χ0) is 18.6. The van der Waals surface area contributed by atoms with Gasteiger partial charge >= 0.3 is 0 Å². The third-order valence-electron chi connectivity index (χ3n) is 4.60. The molecule has 3 N–H and O–H groups in total. The standard InChI is InChI=1S/C16H22N8O2S/c1-17-23-16-21-12(24-6-8-26-9-7-24)11-14(22-16)27-15(20-11)13(25)19-10-2-4-18-5-3-10/h10,18H,1-9H2,(H,19,25)(H,21,22,23). The van der Waals surface area contributed by atoms with E-state index >= 15 is 0 Å². The molecule has 0 aromatic carbocycles. The molecule has 2 aromatic heterocycles. The number of thiazole rings is 1. The molecule has 11 heteroatoms. The minimum Gasteiger partial charge on any atom is -0.378 e. The fourth-order valence-corrected chi connectivity index (χ4v) is 4.07. The molecule has 0 saturated carbocycles. The van der Waals surface area contributed by atoms with Crippen molar-refractivity contribution >= 4 is 46.1 Å². The first kappa shape index (κ1) is 18.0. The van der Waals surface area contributed by atoms with Gasteiger partial charge in [0.25, 0.3) is 5.91 Å². The van der Waals surface area contributed by atoms with Crippen molar-refractivity contribution in [1.29, 1.82) is 0 Å². The number of ether oxygens (including phenoxy) is 1. The van der Waals surface area contributed by atoms with E-state index in [4.69, 9.17) is 4.74 Å². The van der Waals surface area contributed by atoms with Crippen molar-refractivity contribution in [2.45, 2.75) is 18.9 Å². The van der Waals surface area contributed by atoms with E-state index in [0.717, 1.165) is 25.9 Å². The highest BCUT2D eigenvalue weighted by Crippen LogP contribution is 2.30. The first-order valence-corrected chi connectivity index (χ1v) is 9.81. The van der Waals surface area contributed by atoms with Crippen LogP contribution in [-0.4, -0.2) is 73.0 Å². The topological polar surface area (TPSA) is 117 Å². The molecule has 0 atom stereocenters. The van der Waals surface area contributed by atoms with Crippen molar-refractivity contribution in [3.05, 3.63) is 5.01 Å². The summed E-state index contributed by atoms with van der Waals surface area (Å²) < 4.78 is 5.42. The second-order valence-electron chi connectivity index (χ2n) is 6.41. The first-order valence-electron chi connectivity index (χ1n) is 8.99. The molecule has 4 heterocycles. The first-order chi connectivity index (χ1) is 13.2. The fraction of sp³-hybridized carbons (Fsp3) is 0.562. The van der Waals surface area contributed by atoms with Crippen molar-refractivity contribution in [1.82, 2.24) is 25.6 Å². The van der Waals surface area contributed by atoms with Gasteiger partial charge in [-0.3, -0.25) is 4.79 Å². The Morgan fingerprint density at radius 3 is 2.78 bits per heavy atom. The Labute approximate surface area is 160 Å². The lowest BCUT2D eigenvalue weighted by atomic mass is 10.1. The van der Waals surface area contributed by atoms with Crippen molar-refractivity contribution in [2.24, 2.45) is 5.10 Å². The van der Waals surface area contributed by atoms with E-state index in [1.807, 2.05) is 0 Å². The van der Waals surface area contributed by atoms with Gasteiger partial charge in [0.15, 0.2) is 15.7 Å². The van der Waals surface area contributed by atoms with Crippen LogP contribution < -0.4 is 21.0 Å². The number of hydrogen-bond donors (Lipinski definition) is 3. The van der Waals surface area contributed by atoms with Crippen molar-refractivity contribution in [3.8, 4) is 0 Å². The lowest BCUT2D eigenvalue weighted by Crippen LogP contribution is -2.42. The molecule has 0 unspecified atom stereocenters. The highest BCUT2D eigenvalue weighted by molar-refractivity contribution is 7.20. The molecular formula is C16H22N8O2S. The minimum absolute atomic E-state index is 0.158. The molecule has 2 aromatic rings. The summed E-state index contributed by atoms with van der Waals surface area (Å²) in [7, 11) is 0. The van der Waals surface area contributed by atoms with E-state index in [-0.39, 0.29) is 11.9 Å². The Hall–Kier alpha value is -2.37. The quantitative estimate of drug-likeness (QED) is 0.497. The second-order valence-corrected chi connectivity index (χ2v) is 7.39. The number of carbonyl (C=O) groups is 1. The van der Waals surface area contributed by atoms with E-state index in [2.05, 4.69) is 47.7 Å². The van der Waals surface area contributed by atoms with Gasteiger partial charge in [-0.1, -0.05) is 11.3 Å². The van der Waals surface area contributed by atoms with Gasteiger partial charge in [-0.2, -0.15) is 15.1 Å². The molecule has 144 valence electrons. The number of aromatic nitrogens is 3. The van der Waals surface area contributed by atoms with Gasteiger partial charge in [0.1, 0.15) is 5.52 Å². The Morgan fingerprint density at radius 2 is 2.04 bits per heavy atom. The number of rotatable bonds is 5. The number of fused-ring (bicyclic) bond motifs is 1. The SMILES string of the molecule is C=NNc1nc(N2CCOCC2)c2nc(C(=O)NC3CCNCC3)sc2n1. The fourth-order valence-electron chi connectivity index (χ4n) is 3.23. The van der Waals surface area contributed by atoms with Crippen LogP contribution in [-0.2, 0) is 4.74 Å². The van der Waals surface area contributed by atoms with E-state index < -0.39 is 0 Å². The van der Waals surface area contributed by atoms with Crippen LogP contribution in [0.1, 0.15) is 22.6 Å². The Morgan fingerprint density at radius 1 is 1.26 bits per heavy atom. The number of amides is 1. The van der Waals surface area contributed by atoms with Gasteiger partial charge in [0.05, 0.1) is 13.2 Å². The van der Waals surface area contributed by atoms with Crippen LogP contribution in [0.3, 0.4) is 0 Å². The summed E-state index contributed by atoms with van der Waals surface area (Å²) in [6.07, 6.45) is 1.85. The van der Waals surface area contributed by atoms with Crippen LogP contribution in [0.5, 0.6) is 0 Å². The van der Waals surface area contributed by atoms with Crippen LogP contribution in [0.2, 0.25) is 0 Å². The molecule has 2 saturated heterocycles. The lowest BCUT2D eigenvalue weighted by Gasteiger charge is -2.27. The molecule has 27 heavy (non-hydrogen) atoms. The number of nitrogens with one attached hydrogen (secondary N) is 3. The molecule has 4 rings (SSSR count). The maximum atomic E-state index is 12.7. The van der Waals surface area contributed by atoms with Gasteiger partial charge in [-0.15, -0.1) is 0 Å². The summed E-state index contributed by atoms with van der Waals surface area (Å²) in [6.45, 7) is 7.93. The van der Waals surface area contributed by atoms with Crippen LogP contribution in [0, 0.1) is 0 Å². The maximum Gasteiger partial charge on any atom is 0.280 e. The number of anilines is 2. The third kappa shape index (κ3) is 3.99. The molecule has 0 spiro atoms. The summed E-state index contributed by atoms with van der Waals surface area (Å²) in [4.78, 5) is 28.9. The molecule has 2 aliphatic rings. The average molecular weight is 390 g/mol. The van der Waals surface area contributed by atoms with E-state index in [0.29, 0.717) is 53.4 Å². The predicted octanol–water partition coefficient (Wildman–Crippen LogP) is 0.432. The van der Waals surface area contributed by atoms with Gasteiger partial charge in [0.2, 0.25) is 5.95 Å². The van der Waals surface area contributed by atoms with E-state index in [1.54, 1.807) is 0 Å². The smallest absolute Gasteiger partial charge is 0.280 e. The molecule has 0 aliphatic carbocycles. The Kier molecular flexibility index (Phi) is 5.41. The maximum absolute atomic E-state index is 12.7. The zero-order valence-electron chi connectivity index (χ0n) is 14.9. The van der Waals surface area contributed by atoms with Gasteiger partial charge in [0, 0.05) is 25.8 Å². The molecule has 0 radical (unpaired) electrons. The Bertz CT molecular complexity index is 829. The monoisotopic (exact) mass is 390 g/mol. The minimum atomic E-state index is -0.158. The number of hydrogen-bond acceptors (Lipinski definition) is 10. The summed E-state index contributed by atoms with van der Waals surface area (Å²) in [5.74, 6) is 0.869. The summed E-state index contributed by atoms with van der Waals surface area (Å²) in [5.41, 5.74) is 3.32. The average Bonchev–Trinajstić information content (AvgIpc) is 3.13. The van der Waals surface area contributed by atoms with E-state index in [9.17, 15) is 4.79 Å². The molecule has 10 nitrogen and oxygen atoms in total. The number of carbonyl (C=O) groups excluding carboxylic acids is 1. The molecule has 2 fully saturated rings. The molecule has 2 aliphatic heterocycles. The molecular weight excluding hydrogens is 368 g/mol. The summed E-state index contributed by atoms with van der Waals surface area (Å²) in [6, 6.07) is 0.178. The molecule has 0 bridgehead atoms. The summed E-state index contributed by atoms with van der Waals surface area (Å²) in [5, 5.41) is 10.4. The summed E-state index contributed by atoms with van der Waals surface area (Å²) >= 11 is 1.26. The van der Waals surface area contributed by atoms with E-state index in [1.165, 1.54) is 11.3 Å². The van der Waals surface area contributed by atoms with Crippen molar-refractivity contribution in [2.75, 3.05) is 49.7 Å². The number of piperidine rings is 1. The highest BCUT2D eigenvalue weighted by atomic mass is 32.1. The zero-order valence-corrected chi connectivity index (χ0v) is 15.7.